The van der Waals surface area contributed by atoms with Gasteiger partial charge in [0.2, 0.25) is 0 Å². The van der Waals surface area contributed by atoms with Crippen molar-refractivity contribution >= 4 is 51.5 Å². The van der Waals surface area contributed by atoms with Gasteiger partial charge in [-0.25, -0.2) is 14.8 Å². The maximum absolute atomic E-state index is 12.0. The van der Waals surface area contributed by atoms with Crippen molar-refractivity contribution in [1.82, 2.24) is 9.97 Å². The minimum atomic E-state index is -1.05. The molecule has 0 saturated carbocycles. The van der Waals surface area contributed by atoms with Gasteiger partial charge in [-0.2, -0.15) is 0 Å². The average Bonchev–Trinajstić information content (AvgIpc) is 3.21. The Labute approximate surface area is 206 Å². The Morgan fingerprint density at radius 1 is 1.06 bits per heavy atom. The topological polar surface area (TPSA) is 75.1 Å². The molecule has 168 valence electrons. The van der Waals surface area contributed by atoms with E-state index in [-0.39, 0.29) is 17.3 Å². The Bertz CT molecular complexity index is 1310. The molecule has 0 aliphatic heterocycles. The molecule has 0 radical (unpaired) electrons. The van der Waals surface area contributed by atoms with Gasteiger partial charge in [0.1, 0.15) is 11.4 Å². The van der Waals surface area contributed by atoms with Crippen molar-refractivity contribution in [3.05, 3.63) is 92.4 Å². The zero-order valence-corrected chi connectivity index (χ0v) is 20.3. The van der Waals surface area contributed by atoms with Crippen molar-refractivity contribution in [2.75, 3.05) is 5.32 Å². The van der Waals surface area contributed by atoms with E-state index >= 15 is 0 Å². The third kappa shape index (κ3) is 5.36. The molecule has 0 saturated heterocycles. The number of nitrogens with one attached hydrogen (secondary N) is 1. The lowest BCUT2D eigenvalue weighted by molar-refractivity contribution is 0.0697. The summed E-state index contributed by atoms with van der Waals surface area (Å²) in [6.45, 7) is 4.16. The molecular formula is C25H21Cl2N3O2S. The molecule has 0 aliphatic rings. The van der Waals surface area contributed by atoms with Crippen LogP contribution in [-0.2, 0) is 6.42 Å². The number of aromatic carboxylic acids is 1. The van der Waals surface area contributed by atoms with Crippen LogP contribution in [0.15, 0.2) is 60.8 Å². The summed E-state index contributed by atoms with van der Waals surface area (Å²) in [5, 5.41) is 14.4. The first-order chi connectivity index (χ1) is 15.8. The van der Waals surface area contributed by atoms with Gasteiger partial charge in [-0.3, -0.25) is 0 Å². The van der Waals surface area contributed by atoms with E-state index in [0.29, 0.717) is 21.6 Å². The quantitative estimate of drug-likeness (QED) is 0.274. The molecule has 0 atom stereocenters. The molecule has 5 nitrogen and oxygen atoms in total. The van der Waals surface area contributed by atoms with E-state index in [1.807, 2.05) is 36.4 Å². The summed E-state index contributed by atoms with van der Waals surface area (Å²) >= 11 is 13.7. The van der Waals surface area contributed by atoms with Gasteiger partial charge >= 0.3 is 5.97 Å². The molecule has 2 aromatic carbocycles. The summed E-state index contributed by atoms with van der Waals surface area (Å²) in [5.41, 5.74) is 3.64. The number of carboxylic acid groups (broad SMARTS) is 1. The minimum Gasteiger partial charge on any atom is -0.478 e. The van der Waals surface area contributed by atoms with Crippen LogP contribution >= 0.6 is 34.5 Å². The molecule has 2 heterocycles. The smallest absolute Gasteiger partial charge is 0.339 e. The van der Waals surface area contributed by atoms with E-state index in [1.165, 1.54) is 11.3 Å². The average molecular weight is 498 g/mol. The molecule has 0 spiro atoms. The van der Waals surface area contributed by atoms with E-state index in [1.54, 1.807) is 24.4 Å². The molecule has 4 rings (SSSR count). The fraction of sp³-hybridized carbons (Fsp3) is 0.160. The highest BCUT2D eigenvalue weighted by molar-refractivity contribution is 7.16. The Kier molecular flexibility index (Phi) is 6.98. The van der Waals surface area contributed by atoms with Crippen LogP contribution < -0.4 is 5.32 Å². The second-order valence-electron chi connectivity index (χ2n) is 7.85. The Hall–Kier alpha value is -2.93. The highest BCUT2D eigenvalue weighted by atomic mass is 35.5. The Balaban J connectivity index is 1.67. The lowest BCUT2D eigenvalue weighted by Crippen LogP contribution is -2.06. The van der Waals surface area contributed by atoms with Crippen molar-refractivity contribution in [3.63, 3.8) is 0 Å². The number of pyridine rings is 1. The molecule has 2 aromatic heterocycles. The first kappa shape index (κ1) is 23.2. The second-order valence-corrected chi connectivity index (χ2v) is 9.69. The predicted octanol–water partition coefficient (Wildman–Crippen LogP) is 7.67. The zero-order valence-electron chi connectivity index (χ0n) is 18.0. The number of anilines is 2. The van der Waals surface area contributed by atoms with Crippen LogP contribution in [0.4, 0.5) is 10.9 Å². The van der Waals surface area contributed by atoms with Crippen LogP contribution in [0.3, 0.4) is 0 Å². The number of carboxylic acids is 1. The van der Waals surface area contributed by atoms with Gasteiger partial charge in [-0.05, 0) is 41.7 Å². The number of aromatic nitrogens is 2. The molecule has 0 amide bonds. The number of halogens is 2. The van der Waals surface area contributed by atoms with Crippen molar-refractivity contribution in [2.24, 2.45) is 0 Å². The molecule has 0 aliphatic carbocycles. The molecule has 0 bridgehead atoms. The number of benzene rings is 2. The number of nitrogens with zero attached hydrogens (tertiary/aromatic N) is 2. The van der Waals surface area contributed by atoms with E-state index in [0.717, 1.165) is 27.3 Å². The third-order valence-corrected chi connectivity index (χ3v) is 7.03. The Morgan fingerprint density at radius 2 is 1.82 bits per heavy atom. The highest BCUT2D eigenvalue weighted by Gasteiger charge is 2.19. The maximum atomic E-state index is 12.0. The summed E-state index contributed by atoms with van der Waals surface area (Å²) in [7, 11) is 0. The van der Waals surface area contributed by atoms with Crippen LogP contribution in [0.25, 0.3) is 11.3 Å². The van der Waals surface area contributed by atoms with Gasteiger partial charge < -0.3 is 10.4 Å². The van der Waals surface area contributed by atoms with E-state index in [9.17, 15) is 9.90 Å². The maximum Gasteiger partial charge on any atom is 0.339 e. The summed E-state index contributed by atoms with van der Waals surface area (Å²) < 4.78 is 0. The van der Waals surface area contributed by atoms with E-state index < -0.39 is 5.97 Å². The predicted molar refractivity (Wildman–Crippen MR) is 135 cm³/mol. The van der Waals surface area contributed by atoms with E-state index in [4.69, 9.17) is 28.2 Å². The number of hydrogen-bond acceptors (Lipinski definition) is 5. The van der Waals surface area contributed by atoms with Crippen molar-refractivity contribution < 1.29 is 9.90 Å². The second kappa shape index (κ2) is 9.91. The number of rotatable bonds is 7. The monoisotopic (exact) mass is 497 g/mol. The van der Waals surface area contributed by atoms with Crippen molar-refractivity contribution in [2.45, 2.75) is 26.2 Å². The highest BCUT2D eigenvalue weighted by Crippen LogP contribution is 2.39. The molecule has 2 N–H and O–H groups in total. The molecule has 8 heteroatoms. The minimum absolute atomic E-state index is 0.0980. The third-order valence-electron chi connectivity index (χ3n) is 5.02. The number of carbonyl (C=O) groups is 1. The lowest BCUT2D eigenvalue weighted by Gasteiger charge is -2.09. The zero-order chi connectivity index (χ0) is 23.5. The molecule has 4 aromatic rings. The Morgan fingerprint density at radius 3 is 2.48 bits per heavy atom. The normalized spacial score (nSPS) is 11.1. The standard InChI is InChI=1S/C25H21Cl2N3O2S/c1-14(2)22-21(17-8-9-19(26)20(27)12-17)29-25(33-22)30-23-18(24(31)32)11-16(13-28-23)10-15-6-4-3-5-7-15/h3-9,11-14H,10H2,1-2H3,(H,31,32)(H,28,29,30). The van der Waals surface area contributed by atoms with Crippen LogP contribution in [0, 0.1) is 0 Å². The fourth-order valence-corrected chi connectivity index (χ4v) is 4.71. The van der Waals surface area contributed by atoms with Crippen LogP contribution in [0.5, 0.6) is 0 Å². The van der Waals surface area contributed by atoms with Crippen LogP contribution in [0.2, 0.25) is 10.0 Å². The van der Waals surface area contributed by atoms with Gasteiger partial charge in [0.15, 0.2) is 5.13 Å². The summed E-state index contributed by atoms with van der Waals surface area (Å²) in [5.74, 6) is -0.586. The van der Waals surface area contributed by atoms with Gasteiger partial charge in [0, 0.05) is 16.6 Å². The summed E-state index contributed by atoms with van der Waals surface area (Å²) in [6.07, 6.45) is 2.29. The van der Waals surface area contributed by atoms with Crippen molar-refractivity contribution in [1.29, 1.82) is 0 Å². The lowest BCUT2D eigenvalue weighted by atomic mass is 10.0. The van der Waals surface area contributed by atoms with Gasteiger partial charge in [0.25, 0.3) is 0 Å². The molecular weight excluding hydrogens is 477 g/mol. The van der Waals surface area contributed by atoms with E-state index in [2.05, 4.69) is 24.1 Å². The van der Waals surface area contributed by atoms with Gasteiger partial charge in [-0.15, -0.1) is 11.3 Å². The van der Waals surface area contributed by atoms with Crippen LogP contribution in [-0.4, -0.2) is 21.0 Å². The molecule has 0 fully saturated rings. The number of hydrogen-bond donors (Lipinski definition) is 2. The SMILES string of the molecule is CC(C)c1sc(Nc2ncc(Cc3ccccc3)cc2C(=O)O)nc1-c1ccc(Cl)c(Cl)c1. The fourth-order valence-electron chi connectivity index (χ4n) is 3.43. The van der Waals surface area contributed by atoms with Gasteiger partial charge in [-0.1, -0.05) is 73.4 Å². The summed E-state index contributed by atoms with van der Waals surface area (Å²) in [6, 6.07) is 16.9. The number of thiazole rings is 1. The first-order valence-corrected chi connectivity index (χ1v) is 11.9. The van der Waals surface area contributed by atoms with Gasteiger partial charge in [0.05, 0.1) is 15.7 Å². The largest absolute Gasteiger partial charge is 0.478 e. The summed E-state index contributed by atoms with van der Waals surface area (Å²) in [4.78, 5) is 22.2. The van der Waals surface area contributed by atoms with Crippen LogP contribution in [0.1, 0.15) is 46.1 Å². The van der Waals surface area contributed by atoms with Crippen molar-refractivity contribution in [3.8, 4) is 11.3 Å². The first-order valence-electron chi connectivity index (χ1n) is 10.3. The molecule has 33 heavy (non-hydrogen) atoms. The molecule has 0 unspecified atom stereocenters.